The van der Waals surface area contributed by atoms with Gasteiger partial charge in [0.1, 0.15) is 0 Å². The zero-order valence-electron chi connectivity index (χ0n) is 10.2. The summed E-state index contributed by atoms with van der Waals surface area (Å²) < 4.78 is 5.03. The highest BCUT2D eigenvalue weighted by Gasteiger charge is 2.12. The molecule has 0 saturated heterocycles. The lowest BCUT2D eigenvalue weighted by Gasteiger charge is -2.18. The number of carboxylic acids is 1. The van der Waals surface area contributed by atoms with Crippen LogP contribution in [0.3, 0.4) is 0 Å². The maximum atomic E-state index is 11.5. The van der Waals surface area contributed by atoms with Crippen molar-refractivity contribution in [2.75, 3.05) is 19.7 Å². The third-order valence-corrected chi connectivity index (χ3v) is 2.37. The number of aliphatic carboxylic acids is 1. The van der Waals surface area contributed by atoms with Crippen LogP contribution in [0.5, 0.6) is 0 Å². The summed E-state index contributed by atoms with van der Waals surface area (Å²) in [6.45, 7) is 7.08. The van der Waals surface area contributed by atoms with Gasteiger partial charge in [0.25, 0.3) is 0 Å². The van der Waals surface area contributed by atoms with E-state index in [1.807, 2.05) is 13.8 Å². The minimum absolute atomic E-state index is 0.0941. The minimum atomic E-state index is -0.977. The molecular formula is C11H21NO4. The van der Waals surface area contributed by atoms with Gasteiger partial charge in [0.2, 0.25) is 5.91 Å². The molecule has 0 rings (SSSR count). The standard InChI is InChI=1S/C11H21NO4/c1-4-12(5-2)10(13)7-6-8-16-9(3)11(14)15/h9H,4-8H2,1-3H3,(H,14,15)/t9-/m0/s1. The smallest absolute Gasteiger partial charge is 0.332 e. The Morgan fingerprint density at radius 3 is 2.31 bits per heavy atom. The second-order valence-corrected chi connectivity index (χ2v) is 3.52. The summed E-state index contributed by atoms with van der Waals surface area (Å²) in [5.41, 5.74) is 0. The van der Waals surface area contributed by atoms with E-state index in [4.69, 9.17) is 9.84 Å². The van der Waals surface area contributed by atoms with Gasteiger partial charge < -0.3 is 14.7 Å². The molecule has 94 valence electrons. The SMILES string of the molecule is CCN(CC)C(=O)CCCO[C@@H](C)C(=O)O. The van der Waals surface area contributed by atoms with E-state index in [0.717, 1.165) is 0 Å². The lowest BCUT2D eigenvalue weighted by atomic mass is 10.3. The van der Waals surface area contributed by atoms with E-state index in [0.29, 0.717) is 32.5 Å². The molecule has 0 bridgehead atoms. The first-order chi connectivity index (χ1) is 7.52. The van der Waals surface area contributed by atoms with Crippen LogP contribution in [0, 0.1) is 0 Å². The number of nitrogens with zero attached hydrogens (tertiary/aromatic N) is 1. The molecule has 1 atom stereocenters. The van der Waals surface area contributed by atoms with Gasteiger partial charge >= 0.3 is 5.97 Å². The number of hydrogen-bond acceptors (Lipinski definition) is 3. The Hall–Kier alpha value is -1.10. The number of carboxylic acid groups (broad SMARTS) is 1. The fraction of sp³-hybridized carbons (Fsp3) is 0.818. The Labute approximate surface area is 96.4 Å². The van der Waals surface area contributed by atoms with Crippen LogP contribution in [-0.4, -0.2) is 47.7 Å². The summed E-state index contributed by atoms with van der Waals surface area (Å²) >= 11 is 0. The lowest BCUT2D eigenvalue weighted by Crippen LogP contribution is -2.30. The van der Waals surface area contributed by atoms with Gasteiger partial charge in [0, 0.05) is 26.1 Å². The van der Waals surface area contributed by atoms with Crippen molar-refractivity contribution >= 4 is 11.9 Å². The van der Waals surface area contributed by atoms with Crippen molar-refractivity contribution in [2.45, 2.75) is 39.7 Å². The Kier molecular flexibility index (Phi) is 7.54. The molecule has 1 amide bonds. The molecule has 1 N–H and O–H groups in total. The van der Waals surface area contributed by atoms with E-state index >= 15 is 0 Å². The molecule has 16 heavy (non-hydrogen) atoms. The largest absolute Gasteiger partial charge is 0.479 e. The molecule has 0 saturated carbocycles. The molecule has 0 aliphatic heterocycles. The van der Waals surface area contributed by atoms with Crippen LogP contribution in [0.4, 0.5) is 0 Å². The topological polar surface area (TPSA) is 66.8 Å². The molecule has 0 radical (unpaired) electrons. The third kappa shape index (κ3) is 5.70. The van der Waals surface area contributed by atoms with Crippen LogP contribution >= 0.6 is 0 Å². The van der Waals surface area contributed by atoms with Gasteiger partial charge in [-0.2, -0.15) is 0 Å². The molecule has 0 aromatic rings. The summed E-state index contributed by atoms with van der Waals surface area (Å²) in [4.78, 5) is 23.7. The molecule has 0 fully saturated rings. The van der Waals surface area contributed by atoms with Gasteiger partial charge in [0.05, 0.1) is 0 Å². The fourth-order valence-electron chi connectivity index (χ4n) is 1.29. The van der Waals surface area contributed by atoms with Crippen molar-refractivity contribution in [3.8, 4) is 0 Å². The monoisotopic (exact) mass is 231 g/mol. The van der Waals surface area contributed by atoms with Crippen molar-refractivity contribution in [3.05, 3.63) is 0 Å². The van der Waals surface area contributed by atoms with Gasteiger partial charge in [-0.15, -0.1) is 0 Å². The molecular weight excluding hydrogens is 210 g/mol. The van der Waals surface area contributed by atoms with Crippen molar-refractivity contribution in [1.29, 1.82) is 0 Å². The molecule has 0 heterocycles. The quantitative estimate of drug-likeness (QED) is 0.636. The average molecular weight is 231 g/mol. The highest BCUT2D eigenvalue weighted by molar-refractivity contribution is 5.76. The van der Waals surface area contributed by atoms with E-state index in [9.17, 15) is 9.59 Å². The molecule has 0 aromatic carbocycles. The summed E-state index contributed by atoms with van der Waals surface area (Å²) in [6, 6.07) is 0. The minimum Gasteiger partial charge on any atom is -0.479 e. The lowest BCUT2D eigenvalue weighted by molar-refractivity contribution is -0.149. The predicted octanol–water partition coefficient (Wildman–Crippen LogP) is 1.12. The Bertz CT molecular complexity index is 226. The summed E-state index contributed by atoms with van der Waals surface area (Å²) in [6.07, 6.45) is 0.171. The average Bonchev–Trinajstić information content (AvgIpc) is 2.25. The number of amides is 1. The first-order valence-electron chi connectivity index (χ1n) is 5.65. The normalized spacial score (nSPS) is 12.2. The van der Waals surface area contributed by atoms with Crippen LogP contribution < -0.4 is 0 Å². The number of hydrogen-bond donors (Lipinski definition) is 1. The van der Waals surface area contributed by atoms with Crippen LogP contribution in [-0.2, 0) is 14.3 Å². The van der Waals surface area contributed by atoms with Gasteiger partial charge in [-0.3, -0.25) is 4.79 Å². The second kappa shape index (κ2) is 8.10. The summed E-state index contributed by atoms with van der Waals surface area (Å²) in [5, 5.41) is 8.55. The fourth-order valence-corrected chi connectivity index (χ4v) is 1.29. The van der Waals surface area contributed by atoms with E-state index < -0.39 is 12.1 Å². The van der Waals surface area contributed by atoms with Crippen molar-refractivity contribution in [2.24, 2.45) is 0 Å². The van der Waals surface area contributed by atoms with Gasteiger partial charge in [-0.05, 0) is 27.2 Å². The van der Waals surface area contributed by atoms with E-state index in [1.54, 1.807) is 4.90 Å². The van der Waals surface area contributed by atoms with Crippen molar-refractivity contribution in [1.82, 2.24) is 4.90 Å². The molecule has 0 aliphatic rings. The second-order valence-electron chi connectivity index (χ2n) is 3.52. The maximum Gasteiger partial charge on any atom is 0.332 e. The van der Waals surface area contributed by atoms with Crippen LogP contribution in [0.1, 0.15) is 33.6 Å². The van der Waals surface area contributed by atoms with Crippen LogP contribution in [0.2, 0.25) is 0 Å². The number of ether oxygens (including phenoxy) is 1. The Balaban J connectivity index is 3.66. The summed E-state index contributed by atoms with van der Waals surface area (Å²) in [7, 11) is 0. The first-order valence-corrected chi connectivity index (χ1v) is 5.65. The third-order valence-electron chi connectivity index (χ3n) is 2.37. The molecule has 5 heteroatoms. The summed E-state index contributed by atoms with van der Waals surface area (Å²) in [5.74, 6) is -0.883. The van der Waals surface area contributed by atoms with Gasteiger partial charge in [-0.25, -0.2) is 4.79 Å². The van der Waals surface area contributed by atoms with Crippen molar-refractivity contribution < 1.29 is 19.4 Å². The zero-order chi connectivity index (χ0) is 12.6. The van der Waals surface area contributed by atoms with Crippen LogP contribution in [0.25, 0.3) is 0 Å². The van der Waals surface area contributed by atoms with E-state index in [-0.39, 0.29) is 5.91 Å². The van der Waals surface area contributed by atoms with Crippen molar-refractivity contribution in [3.63, 3.8) is 0 Å². The molecule has 0 spiro atoms. The number of carbonyl (C=O) groups excluding carboxylic acids is 1. The van der Waals surface area contributed by atoms with Gasteiger partial charge in [0.15, 0.2) is 6.10 Å². The first kappa shape index (κ1) is 14.9. The Morgan fingerprint density at radius 1 is 1.31 bits per heavy atom. The molecule has 0 aliphatic carbocycles. The Morgan fingerprint density at radius 2 is 1.88 bits per heavy atom. The van der Waals surface area contributed by atoms with E-state index in [2.05, 4.69) is 0 Å². The molecule has 0 unspecified atom stereocenters. The zero-order valence-corrected chi connectivity index (χ0v) is 10.2. The number of carbonyl (C=O) groups is 2. The highest BCUT2D eigenvalue weighted by atomic mass is 16.5. The maximum absolute atomic E-state index is 11.5. The van der Waals surface area contributed by atoms with Crippen LogP contribution in [0.15, 0.2) is 0 Å². The molecule has 5 nitrogen and oxygen atoms in total. The highest BCUT2D eigenvalue weighted by Crippen LogP contribution is 2.00. The molecule has 0 aromatic heterocycles. The predicted molar refractivity (Wildman–Crippen MR) is 60.2 cm³/mol. The van der Waals surface area contributed by atoms with Gasteiger partial charge in [-0.1, -0.05) is 0 Å². The van der Waals surface area contributed by atoms with E-state index in [1.165, 1.54) is 6.92 Å². The number of rotatable bonds is 8.